The first-order valence-corrected chi connectivity index (χ1v) is 6.49. The summed E-state index contributed by atoms with van der Waals surface area (Å²) in [7, 11) is 0. The zero-order valence-electron chi connectivity index (χ0n) is 11.8. The minimum Gasteiger partial charge on any atom is -0.371 e. The van der Waals surface area contributed by atoms with Crippen LogP contribution in [0.5, 0.6) is 0 Å². The van der Waals surface area contributed by atoms with Gasteiger partial charge in [0.15, 0.2) is 0 Å². The highest BCUT2D eigenvalue weighted by Gasteiger charge is 2.38. The SMILES string of the molecule is CC(C)(C)C1CN(c2ccc(C#N)c(C(F)(F)F)c2)C1. The third-order valence-electron chi connectivity index (χ3n) is 3.90. The molecule has 1 aliphatic rings. The highest BCUT2D eigenvalue weighted by molar-refractivity contribution is 5.56. The molecule has 0 bridgehead atoms. The van der Waals surface area contributed by atoms with Crippen LogP contribution in [-0.2, 0) is 6.18 Å². The summed E-state index contributed by atoms with van der Waals surface area (Å²) in [5, 5.41) is 8.77. The number of hydrogen-bond donors (Lipinski definition) is 0. The summed E-state index contributed by atoms with van der Waals surface area (Å²) in [5.41, 5.74) is -0.474. The summed E-state index contributed by atoms with van der Waals surface area (Å²) in [5.74, 6) is 0.479. The van der Waals surface area contributed by atoms with Crippen molar-refractivity contribution in [2.45, 2.75) is 26.9 Å². The molecule has 0 spiro atoms. The van der Waals surface area contributed by atoms with Gasteiger partial charge in [-0.3, -0.25) is 0 Å². The number of hydrogen-bond acceptors (Lipinski definition) is 2. The standard InChI is InChI=1S/C15H17F3N2/c1-14(2,3)11-8-20(9-11)12-5-4-10(7-19)13(6-12)15(16,17)18/h4-6,11H,8-9H2,1-3H3. The zero-order chi connectivity index (χ0) is 15.1. The molecule has 0 aliphatic carbocycles. The van der Waals surface area contributed by atoms with Crippen LogP contribution in [0.25, 0.3) is 0 Å². The first kappa shape index (κ1) is 14.7. The highest BCUT2D eigenvalue weighted by Crippen LogP contribution is 2.39. The smallest absolute Gasteiger partial charge is 0.371 e. The average Bonchev–Trinajstić information content (AvgIpc) is 2.23. The molecular formula is C15H17F3N2. The zero-order valence-corrected chi connectivity index (χ0v) is 11.8. The van der Waals surface area contributed by atoms with E-state index >= 15 is 0 Å². The van der Waals surface area contributed by atoms with Crippen LogP contribution in [0.2, 0.25) is 0 Å². The van der Waals surface area contributed by atoms with Crippen molar-refractivity contribution in [3.8, 4) is 6.07 Å². The van der Waals surface area contributed by atoms with Gasteiger partial charge in [0.2, 0.25) is 0 Å². The minimum absolute atomic E-state index is 0.163. The Bertz CT molecular complexity index is 544. The van der Waals surface area contributed by atoms with Gasteiger partial charge in [0.05, 0.1) is 17.2 Å². The van der Waals surface area contributed by atoms with Gasteiger partial charge in [-0.05, 0) is 29.5 Å². The quantitative estimate of drug-likeness (QED) is 0.776. The molecule has 2 nitrogen and oxygen atoms in total. The Balaban J connectivity index is 2.23. The van der Waals surface area contributed by atoms with E-state index in [1.165, 1.54) is 6.07 Å². The fourth-order valence-electron chi connectivity index (χ4n) is 2.30. The molecule has 20 heavy (non-hydrogen) atoms. The lowest BCUT2D eigenvalue weighted by atomic mass is 9.76. The number of nitriles is 1. The molecule has 1 aliphatic heterocycles. The summed E-state index contributed by atoms with van der Waals surface area (Å²) >= 11 is 0. The third kappa shape index (κ3) is 2.74. The Labute approximate surface area is 116 Å². The molecule has 0 N–H and O–H groups in total. The van der Waals surface area contributed by atoms with Crippen LogP contribution in [0.15, 0.2) is 18.2 Å². The summed E-state index contributed by atoms with van der Waals surface area (Å²) in [6, 6.07) is 5.52. The largest absolute Gasteiger partial charge is 0.417 e. The monoisotopic (exact) mass is 282 g/mol. The number of nitrogens with zero attached hydrogens (tertiary/aromatic N) is 2. The Morgan fingerprint density at radius 1 is 1.20 bits per heavy atom. The van der Waals surface area contributed by atoms with Gasteiger partial charge in [-0.2, -0.15) is 18.4 Å². The Hall–Kier alpha value is -1.70. The number of alkyl halides is 3. The van der Waals surface area contributed by atoms with Crippen molar-refractivity contribution < 1.29 is 13.2 Å². The maximum atomic E-state index is 12.9. The number of benzene rings is 1. The molecule has 2 rings (SSSR count). The maximum absolute atomic E-state index is 12.9. The number of rotatable bonds is 1. The molecule has 0 aromatic heterocycles. The molecule has 1 aromatic carbocycles. The average molecular weight is 282 g/mol. The van der Waals surface area contributed by atoms with E-state index in [-0.39, 0.29) is 11.0 Å². The molecule has 0 radical (unpaired) electrons. The molecule has 0 atom stereocenters. The predicted octanol–water partition coefficient (Wildman–Crippen LogP) is 4.06. The van der Waals surface area contributed by atoms with E-state index in [9.17, 15) is 13.2 Å². The second-order valence-corrected chi connectivity index (χ2v) is 6.31. The molecule has 108 valence electrons. The lowest BCUT2D eigenvalue weighted by Gasteiger charge is -2.47. The van der Waals surface area contributed by atoms with Crippen molar-refractivity contribution in [2.24, 2.45) is 11.3 Å². The van der Waals surface area contributed by atoms with Crippen LogP contribution in [0.1, 0.15) is 31.9 Å². The van der Waals surface area contributed by atoms with Gasteiger partial charge in [0.25, 0.3) is 0 Å². The van der Waals surface area contributed by atoms with Gasteiger partial charge < -0.3 is 4.90 Å². The Kier molecular flexibility index (Phi) is 3.45. The van der Waals surface area contributed by atoms with Gasteiger partial charge >= 0.3 is 6.18 Å². The van der Waals surface area contributed by atoms with E-state index in [4.69, 9.17) is 5.26 Å². The Morgan fingerprint density at radius 3 is 2.25 bits per heavy atom. The van der Waals surface area contributed by atoms with Crippen LogP contribution in [0.3, 0.4) is 0 Å². The summed E-state index contributed by atoms with van der Waals surface area (Å²) in [6.07, 6.45) is -4.49. The van der Waals surface area contributed by atoms with E-state index in [0.717, 1.165) is 19.2 Å². The van der Waals surface area contributed by atoms with Gasteiger partial charge in [-0.25, -0.2) is 0 Å². The molecular weight excluding hydrogens is 265 g/mol. The van der Waals surface area contributed by atoms with Crippen LogP contribution in [-0.4, -0.2) is 13.1 Å². The van der Waals surface area contributed by atoms with Crippen molar-refractivity contribution >= 4 is 5.69 Å². The summed E-state index contributed by atoms with van der Waals surface area (Å²) in [6.45, 7) is 7.91. The van der Waals surface area contributed by atoms with Crippen molar-refractivity contribution in [1.29, 1.82) is 5.26 Å². The normalized spacial score (nSPS) is 16.8. The second-order valence-electron chi connectivity index (χ2n) is 6.31. The predicted molar refractivity (Wildman–Crippen MR) is 71.3 cm³/mol. The number of halogens is 3. The second kappa shape index (κ2) is 4.69. The van der Waals surface area contributed by atoms with Gasteiger partial charge in [-0.1, -0.05) is 20.8 Å². The lowest BCUT2D eigenvalue weighted by molar-refractivity contribution is -0.137. The molecule has 1 saturated heterocycles. The van der Waals surface area contributed by atoms with Gasteiger partial charge in [0.1, 0.15) is 0 Å². The van der Waals surface area contributed by atoms with Gasteiger partial charge in [-0.15, -0.1) is 0 Å². The fourth-order valence-corrected chi connectivity index (χ4v) is 2.30. The molecule has 1 aromatic rings. The molecule has 0 saturated carbocycles. The van der Waals surface area contributed by atoms with E-state index in [2.05, 4.69) is 20.8 Å². The van der Waals surface area contributed by atoms with Gasteiger partial charge in [0, 0.05) is 18.8 Å². The molecule has 0 unspecified atom stereocenters. The molecule has 1 fully saturated rings. The molecule has 5 heteroatoms. The molecule has 0 amide bonds. The van der Waals surface area contributed by atoms with E-state index in [1.54, 1.807) is 12.1 Å². The minimum atomic E-state index is -4.49. The van der Waals surface area contributed by atoms with Crippen molar-refractivity contribution in [3.63, 3.8) is 0 Å². The van der Waals surface area contributed by atoms with Crippen molar-refractivity contribution in [2.75, 3.05) is 18.0 Å². The van der Waals surface area contributed by atoms with E-state index < -0.39 is 11.7 Å². The molecule has 1 heterocycles. The third-order valence-corrected chi connectivity index (χ3v) is 3.90. The number of anilines is 1. The maximum Gasteiger partial charge on any atom is 0.417 e. The summed E-state index contributed by atoms with van der Waals surface area (Å²) in [4.78, 5) is 1.92. The van der Waals surface area contributed by atoms with Crippen molar-refractivity contribution in [3.05, 3.63) is 29.3 Å². The topological polar surface area (TPSA) is 27.0 Å². The fraction of sp³-hybridized carbons (Fsp3) is 0.533. The van der Waals surface area contributed by atoms with Crippen molar-refractivity contribution in [1.82, 2.24) is 0 Å². The van der Waals surface area contributed by atoms with E-state index in [1.807, 2.05) is 4.90 Å². The summed E-state index contributed by atoms with van der Waals surface area (Å²) < 4.78 is 38.7. The Morgan fingerprint density at radius 2 is 1.80 bits per heavy atom. The highest BCUT2D eigenvalue weighted by atomic mass is 19.4. The van der Waals surface area contributed by atoms with E-state index in [0.29, 0.717) is 11.6 Å². The van der Waals surface area contributed by atoms with Crippen LogP contribution in [0, 0.1) is 22.7 Å². The lowest BCUT2D eigenvalue weighted by Crippen LogP contribution is -2.52. The van der Waals surface area contributed by atoms with Crippen LogP contribution < -0.4 is 4.90 Å². The van der Waals surface area contributed by atoms with Crippen LogP contribution in [0.4, 0.5) is 18.9 Å². The first-order chi connectivity index (χ1) is 9.13. The first-order valence-electron chi connectivity index (χ1n) is 6.49. The van der Waals surface area contributed by atoms with Crippen LogP contribution >= 0.6 is 0 Å².